The van der Waals surface area contributed by atoms with E-state index in [9.17, 15) is 102 Å². The fourth-order valence-corrected chi connectivity index (χ4v) is 11.5. The lowest BCUT2D eigenvalue weighted by Crippen LogP contribution is -2.72. The Bertz CT molecular complexity index is 2410. The van der Waals surface area contributed by atoms with Gasteiger partial charge in [-0.2, -0.15) is 0 Å². The zero-order valence-corrected chi connectivity index (χ0v) is 49.0. The number of aliphatic hydroxyl groups excluding tert-OH is 18. The SMILES string of the molecule is COc1ccc(O[C@H]2OC(CO)[C@@H](O[C@@H]3OC(CO)[C@@H](O[C@@H]4OC(CO)[C@H](O)C(O)C4O)C(O[C@@H]4OC(C)[C@@H](O)C(O)C4O)C3NC(C)=O)C(O)C2O[C@@H]2OC(CO)[C@@H](O[C@@H]3OC(CO)[C@H](O)C(O)C3O)C(O[C@@H]3OC(C)[C@@H](O)C(O)C3O)C2NC(C)=O)cc1. The molecular weight excluding hydrogens is 1220 g/mol. The number of carbonyl (C=O) groups is 2. The molecule has 1 aromatic rings. The topological polar surface area (TPSA) is 561 Å². The second-order valence-corrected chi connectivity index (χ2v) is 22.8. The van der Waals surface area contributed by atoms with Gasteiger partial charge in [-0.05, 0) is 38.1 Å². The van der Waals surface area contributed by atoms with Crippen LogP contribution in [0.2, 0.25) is 0 Å². The number of ether oxygens (including phenoxy) is 15. The van der Waals surface area contributed by atoms with Gasteiger partial charge < -0.3 is 174 Å². The van der Waals surface area contributed by atoms with E-state index in [1.54, 1.807) is 0 Å². The van der Waals surface area contributed by atoms with E-state index in [0.717, 1.165) is 13.8 Å². The average Bonchev–Trinajstić information content (AvgIpc) is 0.871. The third-order valence-electron chi connectivity index (χ3n) is 16.6. The van der Waals surface area contributed by atoms with Gasteiger partial charge in [0.25, 0.3) is 0 Å². The van der Waals surface area contributed by atoms with Crippen LogP contribution in [0.1, 0.15) is 27.7 Å². The molecule has 7 aliphatic rings. The van der Waals surface area contributed by atoms with Gasteiger partial charge >= 0.3 is 0 Å². The summed E-state index contributed by atoms with van der Waals surface area (Å²) in [6.07, 6.45) is -62.6. The maximum Gasteiger partial charge on any atom is 0.229 e. The average molecular weight is 1310 g/mol. The molecule has 516 valence electrons. The highest BCUT2D eigenvalue weighted by atomic mass is 16.8. The van der Waals surface area contributed by atoms with E-state index in [1.165, 1.54) is 45.2 Å². The summed E-state index contributed by atoms with van der Waals surface area (Å²) in [7, 11) is 1.38. The van der Waals surface area contributed by atoms with E-state index in [1.807, 2.05) is 0 Å². The molecule has 8 rings (SSSR count). The van der Waals surface area contributed by atoms with Crippen molar-refractivity contribution in [1.29, 1.82) is 0 Å². The van der Waals surface area contributed by atoms with Gasteiger partial charge in [-0.3, -0.25) is 9.59 Å². The predicted molar refractivity (Wildman–Crippen MR) is 284 cm³/mol. The molecule has 20 N–H and O–H groups in total. The molecule has 0 saturated carbocycles. The molecule has 2 amide bonds. The molecule has 0 radical (unpaired) electrons. The van der Waals surface area contributed by atoms with Crippen molar-refractivity contribution >= 4 is 11.8 Å². The van der Waals surface area contributed by atoms with Crippen LogP contribution in [0.25, 0.3) is 0 Å². The number of hydrogen-bond donors (Lipinski definition) is 20. The summed E-state index contributed by atoms with van der Waals surface area (Å²) in [5, 5.41) is 202. The molecule has 0 aliphatic carbocycles. The summed E-state index contributed by atoms with van der Waals surface area (Å²) in [5.74, 6) is -1.46. The molecule has 1 aromatic carbocycles. The Balaban J connectivity index is 1.19. The van der Waals surface area contributed by atoms with Gasteiger partial charge in [0.1, 0.15) is 164 Å². The van der Waals surface area contributed by atoms with Gasteiger partial charge in [0.2, 0.25) is 18.1 Å². The number of rotatable bonds is 22. The highest BCUT2D eigenvalue weighted by Gasteiger charge is 2.60. The fourth-order valence-electron chi connectivity index (χ4n) is 11.5. The monoisotopic (exact) mass is 1310 g/mol. The Labute approximate surface area is 512 Å². The summed E-state index contributed by atoms with van der Waals surface area (Å²) in [4.78, 5) is 26.8. The Hall–Kier alpha value is -3.48. The number of nitrogens with one attached hydrogen (secondary N) is 2. The highest BCUT2D eigenvalue weighted by molar-refractivity contribution is 5.73. The molecule has 7 saturated heterocycles. The molecule has 7 heterocycles. The van der Waals surface area contributed by atoms with Crippen LogP contribution in [0.3, 0.4) is 0 Å². The van der Waals surface area contributed by atoms with Crippen molar-refractivity contribution in [2.75, 3.05) is 40.1 Å². The van der Waals surface area contributed by atoms with E-state index in [-0.39, 0.29) is 5.75 Å². The molecule has 35 atom stereocenters. The van der Waals surface area contributed by atoms with Gasteiger partial charge in [-0.25, -0.2) is 0 Å². The lowest BCUT2D eigenvalue weighted by molar-refractivity contribution is -0.396. The minimum absolute atomic E-state index is 0.0157. The lowest BCUT2D eigenvalue weighted by atomic mass is 9.93. The van der Waals surface area contributed by atoms with Crippen molar-refractivity contribution in [1.82, 2.24) is 10.6 Å². The Morgan fingerprint density at radius 3 is 1.02 bits per heavy atom. The Morgan fingerprint density at radius 2 is 0.656 bits per heavy atom. The smallest absolute Gasteiger partial charge is 0.229 e. The number of methoxy groups -OCH3 is 1. The third kappa shape index (κ3) is 15.6. The summed E-state index contributed by atoms with van der Waals surface area (Å²) in [5.41, 5.74) is 0. The molecule has 37 nitrogen and oxygen atoms in total. The first kappa shape index (κ1) is 72.4. The third-order valence-corrected chi connectivity index (χ3v) is 16.6. The van der Waals surface area contributed by atoms with Crippen LogP contribution in [0.5, 0.6) is 11.5 Å². The molecule has 0 spiro atoms. The number of benzene rings is 1. The van der Waals surface area contributed by atoms with Crippen molar-refractivity contribution in [2.24, 2.45) is 0 Å². The summed E-state index contributed by atoms with van der Waals surface area (Å²) >= 11 is 0. The summed E-state index contributed by atoms with van der Waals surface area (Å²) < 4.78 is 91.0. The maximum atomic E-state index is 13.4. The molecule has 0 aromatic heterocycles. The van der Waals surface area contributed by atoms with Crippen LogP contribution in [0.15, 0.2) is 24.3 Å². The van der Waals surface area contributed by atoms with Crippen LogP contribution in [-0.2, 0) is 71.2 Å². The zero-order chi connectivity index (χ0) is 65.9. The van der Waals surface area contributed by atoms with Crippen LogP contribution in [-0.4, -0.2) is 359 Å². The number of amides is 2. The highest BCUT2D eigenvalue weighted by Crippen LogP contribution is 2.40. The molecule has 90 heavy (non-hydrogen) atoms. The van der Waals surface area contributed by atoms with E-state index in [4.69, 9.17) is 71.1 Å². The molecule has 0 bridgehead atoms. The fraction of sp³-hybridized carbons (Fsp3) is 0.849. The quantitative estimate of drug-likeness (QED) is 0.0513. The van der Waals surface area contributed by atoms with E-state index >= 15 is 0 Å². The summed E-state index contributed by atoms with van der Waals surface area (Å²) in [6.45, 7) is -0.493. The van der Waals surface area contributed by atoms with E-state index in [2.05, 4.69) is 10.6 Å². The number of hydrogen-bond acceptors (Lipinski definition) is 35. The maximum absolute atomic E-state index is 13.4. The number of carbonyl (C=O) groups excluding carboxylic acids is 2. The van der Waals surface area contributed by atoms with Crippen LogP contribution < -0.4 is 20.1 Å². The van der Waals surface area contributed by atoms with Crippen molar-refractivity contribution in [3.05, 3.63) is 24.3 Å². The van der Waals surface area contributed by atoms with Gasteiger partial charge in [0.05, 0.1) is 52.4 Å². The standard InChI is InChI=1S/C53H84N2O35/c1-15-28(63)32(67)36(71)49(77-15)88-44-26(54-17(3)61)47(82-24(13-59)42(44)86-51-38(73)34(69)30(65)21(10-56)80-51)85-41-23(12-58)84-53(79-20-8-6-19(76-5)7-9-20)46(40(41)75)90-48-27(55-18(4)62)45(89-50-37(72)33(68)29(64)16(2)78-50)43(25(14-60)83-48)87-52-39(74)35(70)31(66)22(11-57)81-52/h6-9,15-16,21-53,56-60,63-75H,10-14H2,1-5H3,(H,54,61)(H,55,62)/t15?,16?,21?,22?,23?,24?,25?,26?,27?,28-,29-,30+,31+,32?,33?,34?,35?,36?,37?,38?,39?,40?,41-,42-,43-,44?,45?,46?,47+,48+,49+,50+,51+,52+,53+/m1/s1. The molecule has 7 aliphatic heterocycles. The van der Waals surface area contributed by atoms with Crippen LogP contribution in [0.4, 0.5) is 0 Å². The van der Waals surface area contributed by atoms with Gasteiger partial charge in [-0.15, -0.1) is 0 Å². The second kappa shape index (κ2) is 31.4. The van der Waals surface area contributed by atoms with E-state index < -0.39 is 260 Å². The van der Waals surface area contributed by atoms with E-state index in [0.29, 0.717) is 5.75 Å². The molecule has 7 fully saturated rings. The largest absolute Gasteiger partial charge is 0.497 e. The Kier molecular flexibility index (Phi) is 25.2. The van der Waals surface area contributed by atoms with Crippen molar-refractivity contribution in [3.8, 4) is 11.5 Å². The minimum Gasteiger partial charge on any atom is -0.497 e. The van der Waals surface area contributed by atoms with Gasteiger partial charge in [-0.1, -0.05) is 0 Å². The molecular formula is C53H84N2O35. The second-order valence-electron chi connectivity index (χ2n) is 22.8. The van der Waals surface area contributed by atoms with Gasteiger partial charge in [0.15, 0.2) is 43.8 Å². The van der Waals surface area contributed by atoms with Gasteiger partial charge in [0, 0.05) is 13.8 Å². The lowest BCUT2D eigenvalue weighted by Gasteiger charge is -2.52. The first-order chi connectivity index (χ1) is 42.7. The van der Waals surface area contributed by atoms with Crippen molar-refractivity contribution < 1.29 is 173 Å². The van der Waals surface area contributed by atoms with Crippen LogP contribution >= 0.6 is 0 Å². The van der Waals surface area contributed by atoms with Crippen molar-refractivity contribution in [2.45, 2.75) is 243 Å². The normalized spacial score (nSPS) is 47.7. The predicted octanol–water partition coefficient (Wildman–Crippen LogP) is -11.8. The zero-order valence-electron chi connectivity index (χ0n) is 49.0. The Morgan fingerprint density at radius 1 is 0.356 bits per heavy atom. The summed E-state index contributed by atoms with van der Waals surface area (Å²) in [6, 6.07) is 2.00. The minimum atomic E-state index is -2.26. The molecule has 37 heteroatoms. The van der Waals surface area contributed by atoms with Crippen molar-refractivity contribution in [3.63, 3.8) is 0 Å². The van der Waals surface area contributed by atoms with Crippen LogP contribution in [0, 0.1) is 0 Å². The number of aliphatic hydroxyl groups is 18. The first-order valence-electron chi connectivity index (χ1n) is 29.0. The molecule has 21 unspecified atom stereocenters. The first-order valence-corrected chi connectivity index (χ1v) is 29.0.